The van der Waals surface area contributed by atoms with Crippen molar-refractivity contribution in [1.29, 1.82) is 0 Å². The van der Waals surface area contributed by atoms with Crippen LogP contribution in [0.2, 0.25) is 0 Å². The first-order chi connectivity index (χ1) is 9.72. The van der Waals surface area contributed by atoms with Crippen molar-refractivity contribution in [2.75, 3.05) is 14.2 Å². The minimum absolute atomic E-state index is 0. The SMILES string of the molecule is CN=C(NCc1ccc(OC)c(Br)c1)NC1CC=CC1.I. The lowest BCUT2D eigenvalue weighted by molar-refractivity contribution is 0.412. The van der Waals surface area contributed by atoms with E-state index in [2.05, 4.69) is 49.8 Å². The highest BCUT2D eigenvalue weighted by Crippen LogP contribution is 2.25. The lowest BCUT2D eigenvalue weighted by Gasteiger charge is -2.17. The molecule has 6 heteroatoms. The number of halogens is 2. The summed E-state index contributed by atoms with van der Waals surface area (Å²) in [5.74, 6) is 1.68. The molecule has 0 radical (unpaired) electrons. The molecular formula is C15H21BrIN3O. The standard InChI is InChI=1S/C15H20BrN3O.HI/c1-17-15(19-12-5-3-4-6-12)18-10-11-7-8-14(20-2)13(16)9-11;/h3-4,7-9,12H,5-6,10H2,1-2H3,(H2,17,18,19);1H. The highest BCUT2D eigenvalue weighted by molar-refractivity contribution is 14.0. The van der Waals surface area contributed by atoms with Gasteiger partial charge in [-0.15, -0.1) is 24.0 Å². The zero-order chi connectivity index (χ0) is 14.4. The molecule has 1 aliphatic carbocycles. The summed E-state index contributed by atoms with van der Waals surface area (Å²) in [5.41, 5.74) is 1.17. The Morgan fingerprint density at radius 1 is 1.38 bits per heavy atom. The molecule has 21 heavy (non-hydrogen) atoms. The summed E-state index contributed by atoms with van der Waals surface area (Å²) in [6.07, 6.45) is 6.53. The molecule has 0 heterocycles. The summed E-state index contributed by atoms with van der Waals surface area (Å²) in [6.45, 7) is 0.725. The molecule has 0 unspecified atom stereocenters. The Balaban J connectivity index is 0.00000220. The van der Waals surface area contributed by atoms with E-state index >= 15 is 0 Å². The van der Waals surface area contributed by atoms with Gasteiger partial charge in [-0.3, -0.25) is 4.99 Å². The third-order valence-corrected chi connectivity index (χ3v) is 3.87. The highest BCUT2D eigenvalue weighted by Gasteiger charge is 2.11. The van der Waals surface area contributed by atoms with Gasteiger partial charge in [-0.2, -0.15) is 0 Å². The Bertz CT molecular complexity index is 512. The van der Waals surface area contributed by atoms with Crippen LogP contribution in [0.3, 0.4) is 0 Å². The van der Waals surface area contributed by atoms with Crippen LogP contribution < -0.4 is 15.4 Å². The Kier molecular flexibility index (Phi) is 8.10. The van der Waals surface area contributed by atoms with Crippen LogP contribution in [0.25, 0.3) is 0 Å². The molecule has 0 bridgehead atoms. The van der Waals surface area contributed by atoms with Crippen LogP contribution in [0.4, 0.5) is 0 Å². The van der Waals surface area contributed by atoms with E-state index in [1.807, 2.05) is 12.1 Å². The molecule has 1 aromatic carbocycles. The summed E-state index contributed by atoms with van der Waals surface area (Å²) in [5, 5.41) is 6.74. The summed E-state index contributed by atoms with van der Waals surface area (Å²) < 4.78 is 6.19. The molecule has 0 aliphatic heterocycles. The molecule has 116 valence electrons. The predicted molar refractivity (Wildman–Crippen MR) is 102 cm³/mol. The van der Waals surface area contributed by atoms with Gasteiger partial charge in [-0.1, -0.05) is 18.2 Å². The fourth-order valence-electron chi connectivity index (χ4n) is 2.13. The second kappa shape index (κ2) is 9.30. The van der Waals surface area contributed by atoms with Crippen molar-refractivity contribution in [3.63, 3.8) is 0 Å². The normalized spacial score (nSPS) is 14.7. The van der Waals surface area contributed by atoms with Crippen LogP contribution in [-0.2, 0) is 6.54 Å². The van der Waals surface area contributed by atoms with Crippen LogP contribution in [0, 0.1) is 0 Å². The van der Waals surface area contributed by atoms with Crippen LogP contribution in [0.15, 0.2) is 39.8 Å². The number of ether oxygens (including phenoxy) is 1. The van der Waals surface area contributed by atoms with E-state index in [-0.39, 0.29) is 24.0 Å². The summed E-state index contributed by atoms with van der Waals surface area (Å²) >= 11 is 3.50. The molecule has 0 fully saturated rings. The maximum atomic E-state index is 5.23. The summed E-state index contributed by atoms with van der Waals surface area (Å²) in [6, 6.07) is 6.51. The van der Waals surface area contributed by atoms with Gasteiger partial charge in [0.15, 0.2) is 5.96 Å². The quantitative estimate of drug-likeness (QED) is 0.310. The van der Waals surface area contributed by atoms with Gasteiger partial charge in [-0.25, -0.2) is 0 Å². The average Bonchev–Trinajstić information content (AvgIpc) is 2.96. The molecule has 4 nitrogen and oxygen atoms in total. The number of nitrogens with one attached hydrogen (secondary N) is 2. The van der Waals surface area contributed by atoms with Crippen LogP contribution in [0.5, 0.6) is 5.75 Å². The number of aliphatic imine (C=N–C) groups is 1. The predicted octanol–water partition coefficient (Wildman–Crippen LogP) is 3.46. The molecule has 2 N–H and O–H groups in total. The van der Waals surface area contributed by atoms with E-state index in [0.29, 0.717) is 6.04 Å². The van der Waals surface area contributed by atoms with Gasteiger partial charge in [0, 0.05) is 19.6 Å². The topological polar surface area (TPSA) is 45.7 Å². The average molecular weight is 466 g/mol. The zero-order valence-electron chi connectivity index (χ0n) is 12.2. The van der Waals surface area contributed by atoms with E-state index in [1.165, 1.54) is 5.56 Å². The first-order valence-electron chi connectivity index (χ1n) is 6.67. The van der Waals surface area contributed by atoms with E-state index in [1.54, 1.807) is 14.2 Å². The second-order valence-electron chi connectivity index (χ2n) is 4.68. The lowest BCUT2D eigenvalue weighted by atomic mass is 10.2. The molecule has 0 amide bonds. The van der Waals surface area contributed by atoms with Gasteiger partial charge in [0.25, 0.3) is 0 Å². The number of guanidine groups is 1. The summed E-state index contributed by atoms with van der Waals surface area (Å²) in [7, 11) is 3.46. The fourth-order valence-corrected chi connectivity index (χ4v) is 2.72. The zero-order valence-corrected chi connectivity index (χ0v) is 16.1. The van der Waals surface area contributed by atoms with Gasteiger partial charge in [0.05, 0.1) is 11.6 Å². The van der Waals surface area contributed by atoms with E-state index in [0.717, 1.165) is 35.6 Å². The van der Waals surface area contributed by atoms with E-state index in [9.17, 15) is 0 Å². The summed E-state index contributed by atoms with van der Waals surface area (Å²) in [4.78, 5) is 4.25. The van der Waals surface area contributed by atoms with Crippen LogP contribution in [-0.4, -0.2) is 26.2 Å². The maximum Gasteiger partial charge on any atom is 0.191 e. The van der Waals surface area contributed by atoms with Gasteiger partial charge in [0.2, 0.25) is 0 Å². The van der Waals surface area contributed by atoms with Crippen LogP contribution >= 0.6 is 39.9 Å². The third-order valence-electron chi connectivity index (χ3n) is 3.25. The number of benzene rings is 1. The fraction of sp³-hybridized carbons (Fsp3) is 0.400. The molecule has 2 rings (SSSR count). The number of rotatable bonds is 4. The van der Waals surface area contributed by atoms with Crippen molar-refractivity contribution in [3.8, 4) is 5.75 Å². The molecule has 0 atom stereocenters. The lowest BCUT2D eigenvalue weighted by Crippen LogP contribution is -2.42. The largest absolute Gasteiger partial charge is 0.496 e. The number of nitrogens with zero attached hydrogens (tertiary/aromatic N) is 1. The van der Waals surface area contributed by atoms with Gasteiger partial charge in [0.1, 0.15) is 5.75 Å². The molecule has 0 spiro atoms. The minimum Gasteiger partial charge on any atom is -0.496 e. The molecule has 0 saturated heterocycles. The van der Waals surface area contributed by atoms with Gasteiger partial charge >= 0.3 is 0 Å². The highest BCUT2D eigenvalue weighted by atomic mass is 127. The van der Waals surface area contributed by atoms with Gasteiger partial charge < -0.3 is 15.4 Å². The molecule has 0 saturated carbocycles. The van der Waals surface area contributed by atoms with E-state index in [4.69, 9.17) is 4.74 Å². The molecule has 1 aliphatic rings. The molecule has 0 aromatic heterocycles. The van der Waals surface area contributed by atoms with Crippen molar-refractivity contribution in [2.45, 2.75) is 25.4 Å². The van der Waals surface area contributed by atoms with E-state index < -0.39 is 0 Å². The number of methoxy groups -OCH3 is 1. The monoisotopic (exact) mass is 465 g/mol. The van der Waals surface area contributed by atoms with Crippen molar-refractivity contribution in [3.05, 3.63) is 40.4 Å². The molecular weight excluding hydrogens is 445 g/mol. The van der Waals surface area contributed by atoms with Crippen molar-refractivity contribution in [1.82, 2.24) is 10.6 Å². The van der Waals surface area contributed by atoms with Crippen molar-refractivity contribution in [2.24, 2.45) is 4.99 Å². The smallest absolute Gasteiger partial charge is 0.191 e. The third kappa shape index (κ3) is 5.50. The Morgan fingerprint density at radius 3 is 2.67 bits per heavy atom. The van der Waals surface area contributed by atoms with Gasteiger partial charge in [-0.05, 0) is 46.5 Å². The van der Waals surface area contributed by atoms with Crippen molar-refractivity contribution >= 4 is 45.9 Å². The first kappa shape index (κ1) is 18.3. The Morgan fingerprint density at radius 2 is 2.10 bits per heavy atom. The second-order valence-corrected chi connectivity index (χ2v) is 5.53. The number of hydrogen-bond acceptors (Lipinski definition) is 2. The molecule has 1 aromatic rings. The first-order valence-corrected chi connectivity index (χ1v) is 7.47. The minimum atomic E-state index is 0. The maximum absolute atomic E-state index is 5.23. The Labute approximate surface area is 151 Å². The Hall–Kier alpha value is -0.760. The van der Waals surface area contributed by atoms with Crippen LogP contribution in [0.1, 0.15) is 18.4 Å². The van der Waals surface area contributed by atoms with Crippen molar-refractivity contribution < 1.29 is 4.74 Å². The number of hydrogen-bond donors (Lipinski definition) is 2.